The van der Waals surface area contributed by atoms with Crippen molar-refractivity contribution in [3.05, 3.63) is 23.8 Å². The lowest BCUT2D eigenvalue weighted by molar-refractivity contribution is -0.145. The quantitative estimate of drug-likeness (QED) is 0.351. The summed E-state index contributed by atoms with van der Waals surface area (Å²) < 4.78 is 15.4. The van der Waals surface area contributed by atoms with Crippen molar-refractivity contribution >= 4 is 41.0 Å². The minimum absolute atomic E-state index is 0.230. The van der Waals surface area contributed by atoms with Crippen molar-refractivity contribution in [3.63, 3.8) is 0 Å². The van der Waals surface area contributed by atoms with Crippen LogP contribution in [0.25, 0.3) is 0 Å². The van der Waals surface area contributed by atoms with Gasteiger partial charge in [-0.15, -0.1) is 5.10 Å². The average Bonchev–Trinajstić information content (AvgIpc) is 2.99. The molecule has 1 aliphatic heterocycles. The minimum Gasteiger partial charge on any atom is -0.493 e. The number of thioether (sulfide) groups is 1. The molecule has 1 amide bonds. The highest BCUT2D eigenvalue weighted by Crippen LogP contribution is 2.27. The van der Waals surface area contributed by atoms with Crippen LogP contribution in [0, 0.1) is 0 Å². The van der Waals surface area contributed by atoms with Crippen LogP contribution in [0.5, 0.6) is 11.5 Å². The maximum absolute atomic E-state index is 11.6. The molecular weight excluding hydrogens is 390 g/mol. The molecule has 2 N–H and O–H groups in total. The van der Waals surface area contributed by atoms with Crippen LogP contribution >= 0.6 is 11.8 Å². The smallest absolute Gasteiger partial charge is 0.344 e. The first kappa shape index (κ1) is 21.2. The molecule has 1 unspecified atom stereocenters. The number of amidine groups is 1. The van der Waals surface area contributed by atoms with E-state index in [1.807, 2.05) is 0 Å². The zero-order valence-corrected chi connectivity index (χ0v) is 16.0. The molecule has 1 aromatic rings. The highest BCUT2D eigenvalue weighted by Gasteiger charge is 2.32. The zero-order chi connectivity index (χ0) is 20.5. The summed E-state index contributed by atoms with van der Waals surface area (Å²) in [6.07, 6.45) is 1.14. The number of hydrogen-bond donors (Lipinski definition) is 2. The maximum atomic E-state index is 11.6. The van der Waals surface area contributed by atoms with Crippen LogP contribution in [0.4, 0.5) is 0 Å². The number of amides is 1. The molecule has 2 rings (SSSR count). The third kappa shape index (κ3) is 6.27. The Kier molecular flexibility index (Phi) is 7.81. The van der Waals surface area contributed by atoms with Gasteiger partial charge < -0.3 is 24.6 Å². The van der Waals surface area contributed by atoms with E-state index in [1.165, 1.54) is 13.3 Å². The Morgan fingerprint density at radius 1 is 1.36 bits per heavy atom. The van der Waals surface area contributed by atoms with Gasteiger partial charge in [-0.3, -0.25) is 9.59 Å². The van der Waals surface area contributed by atoms with Crippen LogP contribution in [0.2, 0.25) is 0 Å². The van der Waals surface area contributed by atoms with Crippen molar-refractivity contribution in [1.82, 2.24) is 5.32 Å². The van der Waals surface area contributed by atoms with Gasteiger partial charge in [0.05, 0.1) is 26.4 Å². The van der Waals surface area contributed by atoms with E-state index in [4.69, 9.17) is 19.3 Å². The van der Waals surface area contributed by atoms with E-state index in [-0.39, 0.29) is 24.8 Å². The molecule has 0 saturated carbocycles. The number of carboxylic acid groups (broad SMARTS) is 1. The number of nitrogens with zero attached hydrogens (tertiary/aromatic N) is 2. The van der Waals surface area contributed by atoms with Crippen LogP contribution in [0.1, 0.15) is 18.9 Å². The Hall–Kier alpha value is -3.08. The largest absolute Gasteiger partial charge is 0.493 e. The predicted octanol–water partition coefficient (Wildman–Crippen LogP) is 1.03. The summed E-state index contributed by atoms with van der Waals surface area (Å²) in [5, 5.41) is 18.5. The van der Waals surface area contributed by atoms with E-state index >= 15 is 0 Å². The number of ether oxygens (including phenoxy) is 3. The van der Waals surface area contributed by atoms with Gasteiger partial charge in [-0.25, -0.2) is 4.79 Å². The molecule has 0 radical (unpaired) electrons. The molecule has 1 aliphatic rings. The second kappa shape index (κ2) is 10.3. The standard InChI is InChI=1S/C17H19N3O7S/c1-3-26-15(23)9-27-11-5-4-10(6-12(11)25-2)8-18-20-17-19-16(24)13(28-17)7-14(21)22/h4-6,8,13H,3,7,9H2,1-2H3,(H,21,22)(H,19,20,24). The highest BCUT2D eigenvalue weighted by molar-refractivity contribution is 8.15. The number of benzene rings is 1. The fourth-order valence-corrected chi connectivity index (χ4v) is 3.03. The second-order valence-electron chi connectivity index (χ2n) is 5.35. The molecule has 1 fully saturated rings. The Balaban J connectivity index is 1.99. The van der Waals surface area contributed by atoms with Crippen LogP contribution in [-0.4, -0.2) is 59.9 Å². The van der Waals surface area contributed by atoms with Gasteiger partial charge in [0.1, 0.15) is 5.25 Å². The molecule has 0 aromatic heterocycles. The van der Waals surface area contributed by atoms with Gasteiger partial charge in [0.25, 0.3) is 0 Å². The van der Waals surface area contributed by atoms with Crippen LogP contribution < -0.4 is 14.8 Å². The monoisotopic (exact) mass is 409 g/mol. The van der Waals surface area contributed by atoms with E-state index in [1.54, 1.807) is 25.1 Å². The van der Waals surface area contributed by atoms with Gasteiger partial charge in [0, 0.05) is 0 Å². The number of nitrogens with one attached hydrogen (secondary N) is 1. The first-order chi connectivity index (χ1) is 13.4. The van der Waals surface area contributed by atoms with E-state index in [9.17, 15) is 14.4 Å². The number of methoxy groups -OCH3 is 1. The lowest BCUT2D eigenvalue weighted by Crippen LogP contribution is -2.26. The Morgan fingerprint density at radius 3 is 2.82 bits per heavy atom. The normalized spacial score (nSPS) is 17.6. The third-order valence-electron chi connectivity index (χ3n) is 3.33. The minimum atomic E-state index is -1.06. The van der Waals surface area contributed by atoms with Crippen molar-refractivity contribution in [1.29, 1.82) is 0 Å². The van der Waals surface area contributed by atoms with Crippen molar-refractivity contribution in [2.75, 3.05) is 20.3 Å². The lowest BCUT2D eigenvalue weighted by atomic mass is 10.2. The van der Waals surface area contributed by atoms with Gasteiger partial charge >= 0.3 is 11.9 Å². The number of carbonyl (C=O) groups is 3. The van der Waals surface area contributed by atoms with E-state index in [2.05, 4.69) is 15.5 Å². The maximum Gasteiger partial charge on any atom is 0.344 e. The van der Waals surface area contributed by atoms with Gasteiger partial charge in [0.15, 0.2) is 23.3 Å². The number of rotatable bonds is 9. The van der Waals surface area contributed by atoms with Crippen molar-refractivity contribution in [2.45, 2.75) is 18.6 Å². The topological polar surface area (TPSA) is 136 Å². The molecule has 0 bridgehead atoms. The summed E-state index contributed by atoms with van der Waals surface area (Å²) in [7, 11) is 1.46. The average molecular weight is 409 g/mol. The summed E-state index contributed by atoms with van der Waals surface area (Å²) in [4.78, 5) is 33.7. The summed E-state index contributed by atoms with van der Waals surface area (Å²) in [5.74, 6) is -1.19. The fraction of sp³-hybridized carbons (Fsp3) is 0.353. The van der Waals surface area contributed by atoms with Gasteiger partial charge in [-0.05, 0) is 30.7 Å². The number of esters is 1. The van der Waals surface area contributed by atoms with Crippen LogP contribution in [0.3, 0.4) is 0 Å². The Morgan fingerprint density at radius 2 is 2.14 bits per heavy atom. The number of carboxylic acids is 1. The highest BCUT2D eigenvalue weighted by atomic mass is 32.2. The molecule has 1 saturated heterocycles. The van der Waals surface area contributed by atoms with Crippen LogP contribution in [0.15, 0.2) is 28.4 Å². The number of hydrogen-bond acceptors (Lipinski definition) is 9. The van der Waals surface area contributed by atoms with Gasteiger partial charge in [-0.1, -0.05) is 11.8 Å². The van der Waals surface area contributed by atoms with E-state index < -0.39 is 23.1 Å². The molecule has 1 aromatic carbocycles. The molecule has 11 heteroatoms. The van der Waals surface area contributed by atoms with Gasteiger partial charge in [-0.2, -0.15) is 5.10 Å². The molecule has 1 atom stereocenters. The number of carbonyl (C=O) groups excluding carboxylic acids is 2. The molecule has 28 heavy (non-hydrogen) atoms. The molecule has 0 aliphatic carbocycles. The van der Waals surface area contributed by atoms with Gasteiger partial charge in [0.2, 0.25) is 5.91 Å². The first-order valence-corrected chi connectivity index (χ1v) is 9.07. The van der Waals surface area contributed by atoms with Crippen molar-refractivity contribution in [3.8, 4) is 11.5 Å². The summed E-state index contributed by atoms with van der Waals surface area (Å²) in [5.41, 5.74) is 0.640. The fourth-order valence-electron chi connectivity index (χ4n) is 2.12. The summed E-state index contributed by atoms with van der Waals surface area (Å²) >= 11 is 1.01. The zero-order valence-electron chi connectivity index (χ0n) is 15.2. The second-order valence-corrected chi connectivity index (χ2v) is 6.54. The molecule has 1 heterocycles. The summed E-state index contributed by atoms with van der Waals surface area (Å²) in [6, 6.07) is 4.93. The predicted molar refractivity (Wildman–Crippen MR) is 102 cm³/mol. The third-order valence-corrected chi connectivity index (χ3v) is 4.40. The first-order valence-electron chi connectivity index (χ1n) is 8.19. The summed E-state index contributed by atoms with van der Waals surface area (Å²) in [6.45, 7) is 1.74. The van der Waals surface area contributed by atoms with E-state index in [0.29, 0.717) is 17.1 Å². The van der Waals surface area contributed by atoms with Crippen molar-refractivity contribution < 1.29 is 33.7 Å². The Labute approximate surface area is 164 Å². The molecule has 10 nitrogen and oxygen atoms in total. The van der Waals surface area contributed by atoms with E-state index in [0.717, 1.165) is 11.8 Å². The SMILES string of the molecule is CCOC(=O)COc1ccc(C=NN=C2NC(=O)C(CC(=O)O)S2)cc1OC. The molecular formula is C17H19N3O7S. The number of aliphatic carboxylic acids is 1. The lowest BCUT2D eigenvalue weighted by Gasteiger charge is -2.10. The van der Waals surface area contributed by atoms with Crippen molar-refractivity contribution in [2.24, 2.45) is 10.2 Å². The molecule has 150 valence electrons. The van der Waals surface area contributed by atoms with Crippen LogP contribution in [-0.2, 0) is 19.1 Å². The molecule has 0 spiro atoms. The Bertz CT molecular complexity index is 810.